The molecule has 1 saturated carbocycles. The number of carbonyl (C=O) groups excluding carboxylic acids is 1. The van der Waals surface area contributed by atoms with Crippen LogP contribution in [-0.4, -0.2) is 45.2 Å². The summed E-state index contributed by atoms with van der Waals surface area (Å²) >= 11 is 1.56. The number of rotatable bonds is 6. The minimum absolute atomic E-state index is 0.170. The summed E-state index contributed by atoms with van der Waals surface area (Å²) < 4.78 is 1.05. The van der Waals surface area contributed by atoms with Crippen molar-refractivity contribution in [1.82, 2.24) is 20.3 Å². The van der Waals surface area contributed by atoms with Gasteiger partial charge in [0.15, 0.2) is 5.13 Å². The van der Waals surface area contributed by atoms with Crippen LogP contribution in [0, 0.1) is 0 Å². The number of thiazole rings is 1. The first kappa shape index (κ1) is 22.2. The predicted octanol–water partition coefficient (Wildman–Crippen LogP) is 4.57. The van der Waals surface area contributed by atoms with Crippen molar-refractivity contribution in [3.63, 3.8) is 0 Å². The van der Waals surface area contributed by atoms with Crippen LogP contribution < -0.4 is 16.0 Å². The van der Waals surface area contributed by atoms with E-state index in [1.54, 1.807) is 30.6 Å². The molecule has 0 unspecified atom stereocenters. The Bertz CT molecular complexity index is 1300. The Morgan fingerprint density at radius 3 is 2.56 bits per heavy atom. The minimum Gasteiger partial charge on any atom is -0.393 e. The molecule has 0 bridgehead atoms. The Hall–Kier alpha value is -3.56. The predicted molar refractivity (Wildman–Crippen MR) is 136 cm³/mol. The second kappa shape index (κ2) is 9.74. The van der Waals surface area contributed by atoms with Crippen LogP contribution >= 0.6 is 11.3 Å². The lowest BCUT2D eigenvalue weighted by atomic mass is 9.93. The number of carbonyl (C=O) groups is 1. The molecule has 9 heteroatoms. The van der Waals surface area contributed by atoms with Gasteiger partial charge in [0.05, 0.1) is 16.3 Å². The number of nitrogens with zero attached hydrogens (tertiary/aromatic N) is 3. The summed E-state index contributed by atoms with van der Waals surface area (Å²) in [5, 5.41) is 19.9. The van der Waals surface area contributed by atoms with Gasteiger partial charge in [0.1, 0.15) is 17.3 Å². The monoisotopic (exact) mass is 474 g/mol. The molecule has 4 N–H and O–H groups in total. The molecule has 1 aromatic carbocycles. The molecule has 8 nitrogen and oxygen atoms in total. The Kier molecular flexibility index (Phi) is 6.37. The van der Waals surface area contributed by atoms with Crippen molar-refractivity contribution in [2.75, 3.05) is 17.7 Å². The van der Waals surface area contributed by atoms with Crippen molar-refractivity contribution in [2.24, 2.45) is 0 Å². The summed E-state index contributed by atoms with van der Waals surface area (Å²) in [5.74, 6) is 1.35. The maximum atomic E-state index is 11.7. The normalized spacial score (nSPS) is 17.9. The number of aliphatic hydroxyl groups excluding tert-OH is 1. The first-order valence-electron chi connectivity index (χ1n) is 11.3. The molecule has 0 saturated heterocycles. The largest absolute Gasteiger partial charge is 0.393 e. The summed E-state index contributed by atoms with van der Waals surface area (Å²) in [6.45, 7) is 0. The SMILES string of the molecule is CNC(=O)c1ccc(-c2ccc3nc(Nc4cccc(NC5CCC(O)CC5)n4)sc3c2)cn1. The number of aliphatic hydroxyl groups is 1. The molecule has 174 valence electrons. The lowest BCUT2D eigenvalue weighted by Crippen LogP contribution is -2.28. The second-order valence-corrected chi connectivity index (χ2v) is 9.43. The number of pyridine rings is 2. The third-order valence-corrected chi connectivity index (χ3v) is 6.91. The topological polar surface area (TPSA) is 112 Å². The van der Waals surface area contributed by atoms with Crippen LogP contribution in [0.25, 0.3) is 21.3 Å². The Labute approximate surface area is 201 Å². The van der Waals surface area contributed by atoms with Gasteiger partial charge < -0.3 is 21.1 Å². The maximum absolute atomic E-state index is 11.7. The van der Waals surface area contributed by atoms with Gasteiger partial charge in [-0.3, -0.25) is 9.78 Å². The molecule has 5 rings (SSSR count). The molecular weight excluding hydrogens is 448 g/mol. The molecule has 0 radical (unpaired) electrons. The van der Waals surface area contributed by atoms with E-state index in [-0.39, 0.29) is 12.0 Å². The highest BCUT2D eigenvalue weighted by Crippen LogP contribution is 2.32. The summed E-state index contributed by atoms with van der Waals surface area (Å²) in [4.78, 5) is 25.4. The van der Waals surface area contributed by atoms with Gasteiger partial charge in [-0.1, -0.05) is 29.5 Å². The molecular formula is C25H26N6O2S. The Balaban J connectivity index is 1.30. The Morgan fingerprint density at radius 1 is 1.00 bits per heavy atom. The van der Waals surface area contributed by atoms with Crippen LogP contribution in [0.1, 0.15) is 36.2 Å². The van der Waals surface area contributed by atoms with E-state index in [2.05, 4.69) is 32.0 Å². The number of nitrogens with one attached hydrogen (secondary N) is 3. The van der Waals surface area contributed by atoms with Crippen LogP contribution in [0.5, 0.6) is 0 Å². The number of amides is 1. The van der Waals surface area contributed by atoms with Gasteiger partial charge in [0.2, 0.25) is 0 Å². The smallest absolute Gasteiger partial charge is 0.269 e. The fourth-order valence-electron chi connectivity index (χ4n) is 4.11. The van der Waals surface area contributed by atoms with Crippen molar-refractivity contribution < 1.29 is 9.90 Å². The van der Waals surface area contributed by atoms with E-state index in [9.17, 15) is 9.90 Å². The van der Waals surface area contributed by atoms with Gasteiger partial charge in [0.25, 0.3) is 5.91 Å². The third kappa shape index (κ3) is 5.00. The molecule has 0 spiro atoms. The van der Waals surface area contributed by atoms with E-state index < -0.39 is 0 Å². The van der Waals surface area contributed by atoms with E-state index in [0.717, 1.165) is 63.8 Å². The molecule has 1 amide bonds. The fourth-order valence-corrected chi connectivity index (χ4v) is 5.02. The molecule has 34 heavy (non-hydrogen) atoms. The van der Waals surface area contributed by atoms with E-state index >= 15 is 0 Å². The van der Waals surface area contributed by atoms with E-state index in [1.807, 2.05) is 36.4 Å². The van der Waals surface area contributed by atoms with Crippen LogP contribution in [0.2, 0.25) is 0 Å². The van der Waals surface area contributed by atoms with Crippen LogP contribution in [0.3, 0.4) is 0 Å². The first-order valence-corrected chi connectivity index (χ1v) is 12.2. The van der Waals surface area contributed by atoms with Crippen molar-refractivity contribution >= 4 is 44.2 Å². The molecule has 3 heterocycles. The fraction of sp³-hybridized carbons (Fsp3) is 0.280. The molecule has 3 aromatic heterocycles. The van der Waals surface area contributed by atoms with Gasteiger partial charge in [-0.25, -0.2) is 9.97 Å². The minimum atomic E-state index is -0.203. The van der Waals surface area contributed by atoms with Gasteiger partial charge in [-0.2, -0.15) is 0 Å². The standard InChI is InChI=1S/C25H26N6O2S/c1-26-24(33)20-12-6-16(14-27-20)15-5-11-19-21(13-15)34-25(29-19)31-23-4-2-3-22(30-23)28-17-7-9-18(32)10-8-17/h2-6,11-14,17-18,32H,7-10H2,1H3,(H,26,33)(H2,28,29,30,31). The molecule has 1 aliphatic rings. The van der Waals surface area contributed by atoms with E-state index in [4.69, 9.17) is 4.98 Å². The van der Waals surface area contributed by atoms with Crippen molar-refractivity contribution in [3.05, 3.63) is 60.4 Å². The number of hydrogen-bond donors (Lipinski definition) is 4. The average Bonchev–Trinajstić information content (AvgIpc) is 3.26. The van der Waals surface area contributed by atoms with Crippen LogP contribution in [0.15, 0.2) is 54.7 Å². The number of aromatic nitrogens is 3. The highest BCUT2D eigenvalue weighted by Gasteiger charge is 2.19. The summed E-state index contributed by atoms with van der Waals surface area (Å²) in [7, 11) is 1.59. The average molecular weight is 475 g/mol. The van der Waals surface area contributed by atoms with E-state index in [0.29, 0.717) is 11.7 Å². The second-order valence-electron chi connectivity index (χ2n) is 8.40. The van der Waals surface area contributed by atoms with Crippen molar-refractivity contribution in [1.29, 1.82) is 0 Å². The number of hydrogen-bond acceptors (Lipinski definition) is 8. The van der Waals surface area contributed by atoms with Gasteiger partial charge >= 0.3 is 0 Å². The van der Waals surface area contributed by atoms with Crippen LogP contribution in [-0.2, 0) is 0 Å². The van der Waals surface area contributed by atoms with Gasteiger partial charge in [0, 0.05) is 24.8 Å². The third-order valence-electron chi connectivity index (χ3n) is 5.98. The highest BCUT2D eigenvalue weighted by molar-refractivity contribution is 7.22. The summed E-state index contributed by atoms with van der Waals surface area (Å²) in [6, 6.07) is 15.9. The zero-order valence-corrected chi connectivity index (χ0v) is 19.6. The first-order chi connectivity index (χ1) is 16.6. The summed E-state index contributed by atoms with van der Waals surface area (Å²) in [5.41, 5.74) is 3.25. The Morgan fingerprint density at radius 2 is 1.79 bits per heavy atom. The molecule has 1 aliphatic carbocycles. The van der Waals surface area contributed by atoms with Crippen molar-refractivity contribution in [3.8, 4) is 11.1 Å². The van der Waals surface area contributed by atoms with E-state index in [1.165, 1.54) is 0 Å². The zero-order chi connectivity index (χ0) is 23.5. The number of benzene rings is 1. The lowest BCUT2D eigenvalue weighted by Gasteiger charge is -2.26. The quantitative estimate of drug-likeness (QED) is 0.324. The zero-order valence-electron chi connectivity index (χ0n) is 18.8. The highest BCUT2D eigenvalue weighted by atomic mass is 32.1. The van der Waals surface area contributed by atoms with Crippen LogP contribution in [0.4, 0.5) is 16.8 Å². The number of anilines is 3. The lowest BCUT2D eigenvalue weighted by molar-refractivity contribution is 0.0958. The van der Waals surface area contributed by atoms with Gasteiger partial charge in [-0.15, -0.1) is 0 Å². The molecule has 1 fully saturated rings. The van der Waals surface area contributed by atoms with Crippen molar-refractivity contribution in [2.45, 2.75) is 37.8 Å². The van der Waals surface area contributed by atoms with Gasteiger partial charge in [-0.05, 0) is 61.6 Å². The molecule has 4 aromatic rings. The maximum Gasteiger partial charge on any atom is 0.269 e. The number of fused-ring (bicyclic) bond motifs is 1. The molecule has 0 aliphatic heterocycles. The molecule has 0 atom stereocenters. The summed E-state index contributed by atoms with van der Waals surface area (Å²) in [6.07, 6.45) is 5.10.